The van der Waals surface area contributed by atoms with E-state index in [1.807, 2.05) is 30.6 Å². The number of nitrogens with one attached hydrogen (secondary N) is 2. The normalized spacial score (nSPS) is 10.2. The van der Waals surface area contributed by atoms with Crippen molar-refractivity contribution in [1.82, 2.24) is 10.3 Å². The van der Waals surface area contributed by atoms with Crippen molar-refractivity contribution >= 4 is 0 Å². The second-order valence-corrected chi connectivity index (χ2v) is 2.17. The van der Waals surface area contributed by atoms with Gasteiger partial charge in [0.15, 0.2) is 0 Å². The highest BCUT2D eigenvalue weighted by Crippen LogP contribution is 1.92. The molecule has 0 aliphatic carbocycles. The molecule has 1 aromatic heterocycles. The summed E-state index contributed by atoms with van der Waals surface area (Å²) in [6.07, 6.45) is 7.38. The standard InChI is InChI=1S/C9H12N2/c1-2-3-6-10-8-9-5-4-7-11-9/h2-7,10-11H,1,8H2/b6-3-. The Morgan fingerprint density at radius 3 is 3.18 bits per heavy atom. The van der Waals surface area contributed by atoms with Gasteiger partial charge in [-0.05, 0) is 24.4 Å². The fraction of sp³-hybridized carbons (Fsp3) is 0.111. The molecule has 2 nitrogen and oxygen atoms in total. The van der Waals surface area contributed by atoms with Crippen LogP contribution in [0, 0.1) is 0 Å². The van der Waals surface area contributed by atoms with Gasteiger partial charge in [0.1, 0.15) is 0 Å². The molecule has 0 saturated heterocycles. The third-order valence-electron chi connectivity index (χ3n) is 1.31. The van der Waals surface area contributed by atoms with E-state index in [1.165, 1.54) is 5.69 Å². The number of aromatic nitrogens is 1. The summed E-state index contributed by atoms with van der Waals surface area (Å²) >= 11 is 0. The van der Waals surface area contributed by atoms with Gasteiger partial charge in [0, 0.05) is 11.9 Å². The zero-order valence-corrected chi connectivity index (χ0v) is 6.38. The molecule has 1 rings (SSSR count). The summed E-state index contributed by atoms with van der Waals surface area (Å²) < 4.78 is 0. The molecule has 0 aliphatic heterocycles. The molecule has 0 radical (unpaired) electrons. The first-order chi connectivity index (χ1) is 5.43. The molecule has 0 bridgehead atoms. The van der Waals surface area contributed by atoms with E-state index in [2.05, 4.69) is 16.9 Å². The van der Waals surface area contributed by atoms with Crippen molar-refractivity contribution in [2.24, 2.45) is 0 Å². The van der Waals surface area contributed by atoms with Crippen LogP contribution < -0.4 is 5.32 Å². The van der Waals surface area contributed by atoms with Crippen molar-refractivity contribution in [3.05, 3.63) is 49.0 Å². The topological polar surface area (TPSA) is 27.8 Å². The molecule has 2 heteroatoms. The predicted molar refractivity (Wildman–Crippen MR) is 47.0 cm³/mol. The van der Waals surface area contributed by atoms with Crippen molar-refractivity contribution in [3.63, 3.8) is 0 Å². The highest BCUT2D eigenvalue weighted by molar-refractivity contribution is 5.04. The molecule has 0 unspecified atom stereocenters. The van der Waals surface area contributed by atoms with Crippen LogP contribution >= 0.6 is 0 Å². The van der Waals surface area contributed by atoms with Gasteiger partial charge >= 0.3 is 0 Å². The predicted octanol–water partition coefficient (Wildman–Crippen LogP) is 1.80. The molecule has 11 heavy (non-hydrogen) atoms. The first-order valence-corrected chi connectivity index (χ1v) is 3.56. The summed E-state index contributed by atoms with van der Waals surface area (Å²) in [6.45, 7) is 4.39. The largest absolute Gasteiger partial charge is 0.385 e. The minimum absolute atomic E-state index is 0.831. The van der Waals surface area contributed by atoms with Gasteiger partial charge in [-0.3, -0.25) is 0 Å². The number of hydrogen-bond donors (Lipinski definition) is 2. The van der Waals surface area contributed by atoms with Crippen molar-refractivity contribution in [1.29, 1.82) is 0 Å². The molecule has 58 valence electrons. The van der Waals surface area contributed by atoms with E-state index in [0.717, 1.165) is 6.54 Å². The van der Waals surface area contributed by atoms with Gasteiger partial charge < -0.3 is 10.3 Å². The zero-order valence-electron chi connectivity index (χ0n) is 6.38. The van der Waals surface area contributed by atoms with Crippen molar-refractivity contribution in [3.8, 4) is 0 Å². The van der Waals surface area contributed by atoms with E-state index in [-0.39, 0.29) is 0 Å². The molecule has 0 atom stereocenters. The Hall–Kier alpha value is -1.44. The molecule has 1 aromatic rings. The maximum atomic E-state index is 3.56. The maximum absolute atomic E-state index is 3.56. The van der Waals surface area contributed by atoms with Crippen LogP contribution in [0.3, 0.4) is 0 Å². The van der Waals surface area contributed by atoms with Crippen LogP contribution in [0.25, 0.3) is 0 Å². The van der Waals surface area contributed by atoms with Gasteiger partial charge in [0.05, 0.1) is 6.54 Å². The minimum Gasteiger partial charge on any atom is -0.385 e. The number of H-pyrrole nitrogens is 1. The zero-order chi connectivity index (χ0) is 7.94. The Bertz CT molecular complexity index is 222. The molecule has 0 saturated carbocycles. The van der Waals surface area contributed by atoms with Gasteiger partial charge in [-0.25, -0.2) is 0 Å². The fourth-order valence-corrected chi connectivity index (χ4v) is 0.782. The number of hydrogen-bond acceptors (Lipinski definition) is 1. The highest BCUT2D eigenvalue weighted by Gasteiger charge is 1.86. The number of allylic oxidation sites excluding steroid dienone is 2. The maximum Gasteiger partial charge on any atom is 0.0545 e. The lowest BCUT2D eigenvalue weighted by Gasteiger charge is -1.95. The lowest BCUT2D eigenvalue weighted by molar-refractivity contribution is 0.844. The summed E-state index contributed by atoms with van der Waals surface area (Å²) in [5, 5.41) is 3.11. The highest BCUT2D eigenvalue weighted by atomic mass is 14.9. The summed E-state index contributed by atoms with van der Waals surface area (Å²) in [5.41, 5.74) is 1.18. The third-order valence-corrected chi connectivity index (χ3v) is 1.31. The summed E-state index contributed by atoms with van der Waals surface area (Å²) in [6, 6.07) is 4.02. The van der Waals surface area contributed by atoms with Crippen LogP contribution in [0.2, 0.25) is 0 Å². The van der Waals surface area contributed by atoms with E-state index >= 15 is 0 Å². The lowest BCUT2D eigenvalue weighted by atomic mass is 10.4. The van der Waals surface area contributed by atoms with Gasteiger partial charge in [0.2, 0.25) is 0 Å². The van der Waals surface area contributed by atoms with E-state index in [0.29, 0.717) is 0 Å². The van der Waals surface area contributed by atoms with Gasteiger partial charge in [-0.1, -0.05) is 12.7 Å². The summed E-state index contributed by atoms with van der Waals surface area (Å²) in [5.74, 6) is 0. The van der Waals surface area contributed by atoms with Gasteiger partial charge in [-0.2, -0.15) is 0 Å². The number of rotatable bonds is 4. The molecular formula is C9H12N2. The van der Waals surface area contributed by atoms with Gasteiger partial charge in [-0.15, -0.1) is 0 Å². The molecular weight excluding hydrogens is 136 g/mol. The Morgan fingerprint density at radius 2 is 2.55 bits per heavy atom. The average Bonchev–Trinajstić information content (AvgIpc) is 2.50. The van der Waals surface area contributed by atoms with Crippen molar-refractivity contribution in [2.45, 2.75) is 6.54 Å². The van der Waals surface area contributed by atoms with Crippen LogP contribution in [0.1, 0.15) is 5.69 Å². The quantitative estimate of drug-likeness (QED) is 0.626. The van der Waals surface area contributed by atoms with Gasteiger partial charge in [0.25, 0.3) is 0 Å². The molecule has 0 aliphatic rings. The Balaban J connectivity index is 2.23. The first-order valence-electron chi connectivity index (χ1n) is 3.56. The molecule has 0 spiro atoms. The second-order valence-electron chi connectivity index (χ2n) is 2.17. The third kappa shape index (κ3) is 2.76. The van der Waals surface area contributed by atoms with Crippen molar-refractivity contribution < 1.29 is 0 Å². The first kappa shape index (κ1) is 7.66. The SMILES string of the molecule is C=C/C=C\NCc1ccc[nH]1. The lowest BCUT2D eigenvalue weighted by Crippen LogP contribution is -2.03. The molecule has 0 amide bonds. The van der Waals surface area contributed by atoms with E-state index in [4.69, 9.17) is 0 Å². The monoisotopic (exact) mass is 148 g/mol. The summed E-state index contributed by atoms with van der Waals surface area (Å²) in [7, 11) is 0. The molecule has 1 heterocycles. The van der Waals surface area contributed by atoms with E-state index < -0.39 is 0 Å². The van der Waals surface area contributed by atoms with Crippen LogP contribution in [0.4, 0.5) is 0 Å². The molecule has 2 N–H and O–H groups in total. The smallest absolute Gasteiger partial charge is 0.0545 e. The molecule has 0 fully saturated rings. The number of aromatic amines is 1. The Kier molecular flexibility index (Phi) is 3.06. The second kappa shape index (κ2) is 4.39. The van der Waals surface area contributed by atoms with Crippen LogP contribution in [0.15, 0.2) is 43.3 Å². The Morgan fingerprint density at radius 1 is 1.64 bits per heavy atom. The molecule has 0 aromatic carbocycles. The van der Waals surface area contributed by atoms with Crippen LogP contribution in [-0.2, 0) is 6.54 Å². The van der Waals surface area contributed by atoms with E-state index in [1.54, 1.807) is 6.08 Å². The fourth-order valence-electron chi connectivity index (χ4n) is 0.782. The van der Waals surface area contributed by atoms with Crippen LogP contribution in [0.5, 0.6) is 0 Å². The average molecular weight is 148 g/mol. The van der Waals surface area contributed by atoms with E-state index in [9.17, 15) is 0 Å². The Labute approximate surface area is 66.6 Å². The summed E-state index contributed by atoms with van der Waals surface area (Å²) in [4.78, 5) is 3.09. The minimum atomic E-state index is 0.831. The van der Waals surface area contributed by atoms with Crippen LogP contribution in [-0.4, -0.2) is 4.98 Å². The van der Waals surface area contributed by atoms with Crippen molar-refractivity contribution in [2.75, 3.05) is 0 Å².